The van der Waals surface area contributed by atoms with Crippen molar-refractivity contribution in [3.63, 3.8) is 0 Å². The first kappa shape index (κ1) is 14.9. The van der Waals surface area contributed by atoms with Gasteiger partial charge in [0.1, 0.15) is 0 Å². The molecule has 0 aliphatic rings. The molecule has 0 saturated carbocycles. The van der Waals surface area contributed by atoms with Gasteiger partial charge in [0.2, 0.25) is 0 Å². The topological polar surface area (TPSA) is 20.3 Å². The second-order valence-electron chi connectivity index (χ2n) is 4.75. The number of carbonyl (C=O) groups is 1. The lowest BCUT2D eigenvalue weighted by Gasteiger charge is -2.19. The molecule has 0 bridgehead atoms. The van der Waals surface area contributed by atoms with Crippen molar-refractivity contribution in [1.82, 2.24) is 4.90 Å². The molecular weight excluding hydrogens is 290 g/mol. The van der Waals surface area contributed by atoms with E-state index < -0.39 is 0 Å². The summed E-state index contributed by atoms with van der Waals surface area (Å²) in [7, 11) is 1.77. The first-order valence-electron chi connectivity index (χ1n) is 6.27. The second-order valence-corrected chi connectivity index (χ2v) is 5.68. The van der Waals surface area contributed by atoms with Crippen molar-refractivity contribution in [3.05, 3.63) is 64.2 Å². The maximum atomic E-state index is 12.4. The second kappa shape index (κ2) is 6.33. The lowest BCUT2D eigenvalue weighted by atomic mass is 10.1. The summed E-state index contributed by atoms with van der Waals surface area (Å²) in [5.74, 6) is -0.103. The van der Waals surface area contributed by atoms with Gasteiger partial charge in [0.15, 0.2) is 0 Å². The minimum absolute atomic E-state index is 0.103. The molecule has 0 heterocycles. The van der Waals surface area contributed by atoms with E-state index in [1.54, 1.807) is 30.1 Å². The van der Waals surface area contributed by atoms with Gasteiger partial charge in [0.25, 0.3) is 5.91 Å². The number of rotatable bonds is 3. The summed E-state index contributed by atoms with van der Waals surface area (Å²) in [6, 6.07) is 13.2. The van der Waals surface area contributed by atoms with Gasteiger partial charge in [0, 0.05) is 18.5 Å². The number of thiol groups is 1. The lowest BCUT2D eigenvalue weighted by Crippen LogP contribution is -2.26. The van der Waals surface area contributed by atoms with E-state index in [1.807, 2.05) is 31.2 Å². The Hall–Kier alpha value is -1.45. The van der Waals surface area contributed by atoms with Crippen molar-refractivity contribution < 1.29 is 4.79 Å². The average molecular weight is 306 g/mol. The minimum atomic E-state index is -0.103. The Morgan fingerprint density at radius 2 is 1.95 bits per heavy atom. The highest BCUT2D eigenvalue weighted by Crippen LogP contribution is 2.22. The van der Waals surface area contributed by atoms with Crippen LogP contribution in [-0.2, 0) is 6.54 Å². The summed E-state index contributed by atoms with van der Waals surface area (Å²) in [6.45, 7) is 2.59. The van der Waals surface area contributed by atoms with Crippen molar-refractivity contribution in [2.75, 3.05) is 7.05 Å². The molecule has 0 saturated heterocycles. The number of hydrogen-bond acceptors (Lipinski definition) is 2. The summed E-state index contributed by atoms with van der Waals surface area (Å²) >= 11 is 10.3. The third-order valence-electron chi connectivity index (χ3n) is 3.20. The first-order valence-corrected chi connectivity index (χ1v) is 7.10. The normalized spacial score (nSPS) is 10.4. The quantitative estimate of drug-likeness (QED) is 0.842. The van der Waals surface area contributed by atoms with Crippen LogP contribution >= 0.6 is 24.2 Å². The molecule has 0 aliphatic heterocycles. The van der Waals surface area contributed by atoms with E-state index in [0.717, 1.165) is 10.5 Å². The number of benzene rings is 2. The van der Waals surface area contributed by atoms with Crippen LogP contribution in [0.15, 0.2) is 47.4 Å². The van der Waals surface area contributed by atoms with Crippen molar-refractivity contribution in [3.8, 4) is 0 Å². The molecule has 1 amide bonds. The molecule has 0 N–H and O–H groups in total. The predicted octanol–water partition coefficient (Wildman–Crippen LogP) is 4.21. The van der Waals surface area contributed by atoms with Crippen LogP contribution < -0.4 is 0 Å². The molecule has 0 aliphatic carbocycles. The fourth-order valence-electron chi connectivity index (χ4n) is 2.00. The number of halogens is 1. The number of hydrogen-bond donors (Lipinski definition) is 1. The smallest absolute Gasteiger partial charge is 0.255 e. The van der Waals surface area contributed by atoms with Gasteiger partial charge in [-0.3, -0.25) is 4.79 Å². The van der Waals surface area contributed by atoms with Crippen LogP contribution in [0.4, 0.5) is 0 Å². The van der Waals surface area contributed by atoms with Gasteiger partial charge in [-0.2, -0.15) is 0 Å². The SMILES string of the molecule is Cc1ccccc1CN(C)C(=O)c1cc(S)ccc1Cl. The summed E-state index contributed by atoms with van der Waals surface area (Å²) in [6.07, 6.45) is 0. The molecule has 0 atom stereocenters. The molecule has 0 radical (unpaired) electrons. The molecule has 20 heavy (non-hydrogen) atoms. The van der Waals surface area contributed by atoms with Crippen LogP contribution in [0, 0.1) is 6.92 Å². The third-order valence-corrected chi connectivity index (χ3v) is 3.80. The minimum Gasteiger partial charge on any atom is -0.337 e. The van der Waals surface area contributed by atoms with E-state index in [4.69, 9.17) is 11.6 Å². The molecule has 2 aromatic carbocycles. The zero-order valence-electron chi connectivity index (χ0n) is 11.4. The number of nitrogens with zero attached hydrogens (tertiary/aromatic N) is 1. The Morgan fingerprint density at radius 1 is 1.25 bits per heavy atom. The molecule has 0 spiro atoms. The van der Waals surface area contributed by atoms with E-state index in [0.29, 0.717) is 17.1 Å². The third kappa shape index (κ3) is 3.35. The van der Waals surface area contributed by atoms with Gasteiger partial charge in [-0.15, -0.1) is 12.6 Å². The van der Waals surface area contributed by atoms with E-state index in [2.05, 4.69) is 12.6 Å². The molecule has 2 rings (SSSR count). The Bertz CT molecular complexity index is 642. The van der Waals surface area contributed by atoms with Crippen LogP contribution in [0.1, 0.15) is 21.5 Å². The summed E-state index contributed by atoms with van der Waals surface area (Å²) in [5, 5.41) is 0.449. The fraction of sp³-hybridized carbons (Fsp3) is 0.188. The van der Waals surface area contributed by atoms with Crippen LogP contribution in [0.25, 0.3) is 0 Å². The van der Waals surface area contributed by atoms with Gasteiger partial charge in [-0.05, 0) is 36.2 Å². The Labute approximate surface area is 129 Å². The van der Waals surface area contributed by atoms with E-state index >= 15 is 0 Å². The predicted molar refractivity (Wildman–Crippen MR) is 85.7 cm³/mol. The first-order chi connectivity index (χ1) is 9.49. The van der Waals surface area contributed by atoms with Crippen LogP contribution in [0.2, 0.25) is 5.02 Å². The monoisotopic (exact) mass is 305 g/mol. The molecular formula is C16H16ClNOS. The summed E-state index contributed by atoms with van der Waals surface area (Å²) in [4.78, 5) is 14.8. The van der Waals surface area contributed by atoms with E-state index in [1.165, 1.54) is 5.56 Å². The summed E-state index contributed by atoms with van der Waals surface area (Å²) in [5.41, 5.74) is 2.78. The molecule has 2 nitrogen and oxygen atoms in total. The molecule has 0 fully saturated rings. The van der Waals surface area contributed by atoms with Crippen LogP contribution in [-0.4, -0.2) is 17.9 Å². The highest BCUT2D eigenvalue weighted by molar-refractivity contribution is 7.80. The lowest BCUT2D eigenvalue weighted by molar-refractivity contribution is 0.0785. The fourth-order valence-corrected chi connectivity index (χ4v) is 2.40. The van der Waals surface area contributed by atoms with Gasteiger partial charge in [-0.25, -0.2) is 0 Å². The Kier molecular flexibility index (Phi) is 4.73. The maximum absolute atomic E-state index is 12.4. The van der Waals surface area contributed by atoms with Crippen LogP contribution in [0.3, 0.4) is 0 Å². The molecule has 0 unspecified atom stereocenters. The molecule has 0 aromatic heterocycles. The van der Waals surface area contributed by atoms with Gasteiger partial charge < -0.3 is 4.90 Å². The van der Waals surface area contributed by atoms with Gasteiger partial charge in [0.05, 0.1) is 10.6 Å². The largest absolute Gasteiger partial charge is 0.337 e. The Morgan fingerprint density at radius 3 is 2.65 bits per heavy atom. The molecule has 4 heteroatoms. The number of amides is 1. The maximum Gasteiger partial charge on any atom is 0.255 e. The van der Waals surface area contributed by atoms with E-state index in [9.17, 15) is 4.79 Å². The van der Waals surface area contributed by atoms with Crippen molar-refractivity contribution in [2.45, 2.75) is 18.4 Å². The summed E-state index contributed by atoms with van der Waals surface area (Å²) < 4.78 is 0. The Balaban J connectivity index is 2.21. The molecule has 2 aromatic rings. The van der Waals surface area contributed by atoms with Crippen LogP contribution in [0.5, 0.6) is 0 Å². The number of aryl methyl sites for hydroxylation is 1. The van der Waals surface area contributed by atoms with Gasteiger partial charge >= 0.3 is 0 Å². The average Bonchev–Trinajstić information content (AvgIpc) is 2.43. The van der Waals surface area contributed by atoms with E-state index in [-0.39, 0.29) is 5.91 Å². The van der Waals surface area contributed by atoms with Crippen molar-refractivity contribution >= 4 is 30.1 Å². The molecule has 104 valence electrons. The number of carbonyl (C=O) groups excluding carboxylic acids is 1. The highest BCUT2D eigenvalue weighted by atomic mass is 35.5. The zero-order chi connectivity index (χ0) is 14.7. The van der Waals surface area contributed by atoms with Gasteiger partial charge in [-0.1, -0.05) is 35.9 Å². The van der Waals surface area contributed by atoms with Crippen molar-refractivity contribution in [1.29, 1.82) is 0 Å². The van der Waals surface area contributed by atoms with Crippen molar-refractivity contribution in [2.24, 2.45) is 0 Å². The highest BCUT2D eigenvalue weighted by Gasteiger charge is 2.16. The standard InChI is InChI=1S/C16H16ClNOS/c1-11-5-3-4-6-12(11)10-18(2)16(19)14-9-13(20)7-8-15(14)17/h3-9,20H,10H2,1-2H3. The zero-order valence-corrected chi connectivity index (χ0v) is 13.1.